The second kappa shape index (κ2) is 3.40. The van der Waals surface area contributed by atoms with Crippen molar-refractivity contribution in [3.63, 3.8) is 0 Å². The number of carboxylic acid groups (broad SMARTS) is 1. The van der Waals surface area contributed by atoms with Gasteiger partial charge in [0, 0.05) is 18.4 Å². The molecule has 0 radical (unpaired) electrons. The van der Waals surface area contributed by atoms with E-state index in [0.717, 1.165) is 0 Å². The molecule has 2 fully saturated rings. The molecule has 4 nitrogen and oxygen atoms in total. The van der Waals surface area contributed by atoms with Gasteiger partial charge in [0.25, 0.3) is 5.92 Å². The van der Waals surface area contributed by atoms with Gasteiger partial charge in [0.15, 0.2) is 0 Å². The second-order valence-electron chi connectivity index (χ2n) is 4.63. The summed E-state index contributed by atoms with van der Waals surface area (Å²) in [5.41, 5.74) is -0.654. The van der Waals surface area contributed by atoms with Crippen LogP contribution in [0.1, 0.15) is 32.1 Å². The lowest BCUT2D eigenvalue weighted by Gasteiger charge is -2.23. The topological polar surface area (TPSA) is 57.6 Å². The Hall–Kier alpha value is -1.20. The summed E-state index contributed by atoms with van der Waals surface area (Å²) in [6.07, 6.45) is 0.478. The van der Waals surface area contributed by atoms with Crippen molar-refractivity contribution in [1.82, 2.24) is 4.90 Å². The Morgan fingerprint density at radius 2 is 1.88 bits per heavy atom. The fourth-order valence-corrected chi connectivity index (χ4v) is 2.32. The van der Waals surface area contributed by atoms with Gasteiger partial charge >= 0.3 is 5.97 Å². The third-order valence-electron chi connectivity index (χ3n) is 3.23. The van der Waals surface area contributed by atoms with E-state index in [0.29, 0.717) is 12.8 Å². The predicted molar refractivity (Wildman–Crippen MR) is 50.1 cm³/mol. The van der Waals surface area contributed by atoms with Crippen molar-refractivity contribution in [1.29, 1.82) is 0 Å². The summed E-state index contributed by atoms with van der Waals surface area (Å²) in [5.74, 6) is -4.35. The van der Waals surface area contributed by atoms with Crippen LogP contribution in [0.25, 0.3) is 0 Å². The van der Waals surface area contributed by atoms with Crippen LogP contribution in [0.3, 0.4) is 0 Å². The number of alkyl halides is 2. The first-order valence-corrected chi connectivity index (χ1v) is 5.25. The molecule has 1 amide bonds. The molecule has 1 aliphatic heterocycles. The van der Waals surface area contributed by atoms with Crippen LogP contribution in [-0.2, 0) is 9.59 Å². The molecular weight excluding hydrogens is 220 g/mol. The van der Waals surface area contributed by atoms with Crippen LogP contribution in [0.4, 0.5) is 8.78 Å². The van der Waals surface area contributed by atoms with Crippen molar-refractivity contribution >= 4 is 11.9 Å². The molecule has 2 aliphatic rings. The highest BCUT2D eigenvalue weighted by Crippen LogP contribution is 2.54. The third kappa shape index (κ3) is 2.01. The average molecular weight is 233 g/mol. The fourth-order valence-electron chi connectivity index (χ4n) is 2.32. The number of aliphatic carboxylic acids is 1. The number of carbonyl (C=O) groups is 2. The minimum Gasteiger partial charge on any atom is -0.481 e. The van der Waals surface area contributed by atoms with E-state index in [-0.39, 0.29) is 19.3 Å². The summed E-state index contributed by atoms with van der Waals surface area (Å²) in [5, 5.41) is 8.43. The number of carbonyl (C=O) groups excluding carboxylic acids is 1. The van der Waals surface area contributed by atoms with Gasteiger partial charge in [-0.3, -0.25) is 9.59 Å². The van der Waals surface area contributed by atoms with E-state index in [4.69, 9.17) is 5.11 Å². The lowest BCUT2D eigenvalue weighted by molar-refractivity contribution is -0.141. The van der Waals surface area contributed by atoms with Crippen molar-refractivity contribution < 1.29 is 23.5 Å². The Bertz CT molecular complexity index is 339. The molecule has 6 heteroatoms. The summed E-state index contributed by atoms with van der Waals surface area (Å²) in [4.78, 5) is 23.1. The van der Waals surface area contributed by atoms with Gasteiger partial charge in [0.1, 0.15) is 0 Å². The maximum absolute atomic E-state index is 13.2. The molecule has 0 aromatic rings. The smallest absolute Gasteiger partial charge is 0.303 e. The molecule has 16 heavy (non-hydrogen) atoms. The number of carboxylic acids is 1. The Labute approximate surface area is 91.2 Å². The molecular formula is C10H13F2NO3. The molecule has 1 saturated heterocycles. The van der Waals surface area contributed by atoms with E-state index >= 15 is 0 Å². The average Bonchev–Trinajstić information content (AvgIpc) is 2.83. The molecule has 0 aromatic carbocycles. The first kappa shape index (κ1) is 11.3. The quantitative estimate of drug-likeness (QED) is 0.798. The summed E-state index contributed by atoms with van der Waals surface area (Å²) in [6, 6.07) is 0. The first-order chi connectivity index (χ1) is 7.35. The van der Waals surface area contributed by atoms with Crippen molar-refractivity contribution in [3.8, 4) is 0 Å². The molecule has 1 N–H and O–H groups in total. The Balaban J connectivity index is 1.99. The van der Waals surface area contributed by atoms with Crippen molar-refractivity contribution in [2.24, 2.45) is 0 Å². The molecule has 1 spiro atoms. The first-order valence-electron chi connectivity index (χ1n) is 5.25. The molecule has 1 heterocycles. The molecule has 1 aliphatic carbocycles. The molecule has 0 aromatic heterocycles. The van der Waals surface area contributed by atoms with E-state index < -0.39 is 29.9 Å². The van der Waals surface area contributed by atoms with Gasteiger partial charge in [0.05, 0.1) is 13.0 Å². The number of halogens is 2. The van der Waals surface area contributed by atoms with E-state index in [9.17, 15) is 18.4 Å². The van der Waals surface area contributed by atoms with Gasteiger partial charge in [-0.2, -0.15) is 0 Å². The van der Waals surface area contributed by atoms with Gasteiger partial charge in [-0.05, 0) is 12.8 Å². The molecule has 0 atom stereocenters. The maximum atomic E-state index is 13.2. The zero-order valence-corrected chi connectivity index (χ0v) is 8.71. The van der Waals surface area contributed by atoms with Crippen LogP contribution in [0, 0.1) is 0 Å². The monoisotopic (exact) mass is 233 g/mol. The summed E-state index contributed by atoms with van der Waals surface area (Å²) in [7, 11) is 0. The van der Waals surface area contributed by atoms with E-state index in [2.05, 4.69) is 0 Å². The van der Waals surface area contributed by atoms with Gasteiger partial charge in [-0.1, -0.05) is 0 Å². The number of hydrogen-bond donors (Lipinski definition) is 1. The van der Waals surface area contributed by atoms with Gasteiger partial charge in [-0.15, -0.1) is 0 Å². The zero-order valence-electron chi connectivity index (χ0n) is 8.71. The highest BCUT2D eigenvalue weighted by molar-refractivity contribution is 5.82. The van der Waals surface area contributed by atoms with Gasteiger partial charge < -0.3 is 10.0 Å². The van der Waals surface area contributed by atoms with E-state index in [1.54, 1.807) is 0 Å². The standard InChI is InChI=1S/C10H13F2NO3/c11-10(12)5-9(3-4-9)13(6-10)7(14)1-2-8(15)16/h1-6H2,(H,15,16). The molecule has 2 rings (SSSR count). The molecule has 0 unspecified atom stereocenters. The number of likely N-dealkylation sites (tertiary alicyclic amines) is 1. The predicted octanol–water partition coefficient (Wildman–Crippen LogP) is 1.25. The van der Waals surface area contributed by atoms with Gasteiger partial charge in [-0.25, -0.2) is 8.78 Å². The number of rotatable bonds is 3. The van der Waals surface area contributed by atoms with Crippen molar-refractivity contribution in [3.05, 3.63) is 0 Å². The van der Waals surface area contributed by atoms with Crippen LogP contribution in [0.15, 0.2) is 0 Å². The Kier molecular flexibility index (Phi) is 2.40. The Morgan fingerprint density at radius 3 is 2.38 bits per heavy atom. The molecule has 90 valence electrons. The van der Waals surface area contributed by atoms with Gasteiger partial charge in [0.2, 0.25) is 5.91 Å². The summed E-state index contributed by atoms with van der Waals surface area (Å²) >= 11 is 0. The zero-order chi connectivity index (χ0) is 12.0. The van der Waals surface area contributed by atoms with Crippen molar-refractivity contribution in [2.75, 3.05) is 6.54 Å². The SMILES string of the molecule is O=C(O)CCC(=O)N1CC(F)(F)CC12CC2. The van der Waals surface area contributed by atoms with Crippen molar-refractivity contribution in [2.45, 2.75) is 43.6 Å². The summed E-state index contributed by atoms with van der Waals surface area (Å²) in [6.45, 7) is -0.550. The lowest BCUT2D eigenvalue weighted by Crippen LogP contribution is -2.38. The number of nitrogens with zero attached hydrogens (tertiary/aromatic N) is 1. The lowest BCUT2D eigenvalue weighted by atomic mass is 10.1. The fraction of sp³-hybridized carbons (Fsp3) is 0.800. The van der Waals surface area contributed by atoms with Crippen LogP contribution >= 0.6 is 0 Å². The highest BCUT2D eigenvalue weighted by Gasteiger charge is 2.62. The van der Waals surface area contributed by atoms with E-state index in [1.807, 2.05) is 0 Å². The minimum atomic E-state index is -2.81. The third-order valence-corrected chi connectivity index (χ3v) is 3.23. The normalized spacial score (nSPS) is 24.8. The van der Waals surface area contributed by atoms with Crippen LogP contribution < -0.4 is 0 Å². The number of amides is 1. The largest absolute Gasteiger partial charge is 0.481 e. The van der Waals surface area contributed by atoms with Crippen LogP contribution in [0.2, 0.25) is 0 Å². The number of hydrogen-bond acceptors (Lipinski definition) is 2. The molecule has 0 bridgehead atoms. The highest BCUT2D eigenvalue weighted by atomic mass is 19.3. The maximum Gasteiger partial charge on any atom is 0.303 e. The van der Waals surface area contributed by atoms with Crippen LogP contribution in [0.5, 0.6) is 0 Å². The Morgan fingerprint density at radius 1 is 1.25 bits per heavy atom. The molecule has 1 saturated carbocycles. The summed E-state index contributed by atoms with van der Waals surface area (Å²) < 4.78 is 26.4. The second-order valence-corrected chi connectivity index (χ2v) is 4.63. The van der Waals surface area contributed by atoms with E-state index in [1.165, 1.54) is 4.90 Å². The van der Waals surface area contributed by atoms with Crippen LogP contribution in [-0.4, -0.2) is 39.9 Å². The minimum absolute atomic E-state index is 0.187.